The van der Waals surface area contributed by atoms with Crippen LogP contribution in [-0.2, 0) is 11.3 Å². The SMILES string of the molecule is CN(C(=O)Cn1cccc1C(=O)O)C1CCCCC1O. The van der Waals surface area contributed by atoms with E-state index in [4.69, 9.17) is 5.11 Å². The van der Waals surface area contributed by atoms with Crippen LogP contribution in [0.4, 0.5) is 0 Å². The fraction of sp³-hybridized carbons (Fsp3) is 0.571. The number of amides is 1. The van der Waals surface area contributed by atoms with Crippen LogP contribution in [-0.4, -0.2) is 50.8 Å². The Kier molecular flexibility index (Phi) is 4.44. The summed E-state index contributed by atoms with van der Waals surface area (Å²) in [6, 6.07) is 2.90. The van der Waals surface area contributed by atoms with Gasteiger partial charge in [0.15, 0.2) is 0 Å². The molecule has 2 atom stereocenters. The zero-order chi connectivity index (χ0) is 14.7. The van der Waals surface area contributed by atoms with Gasteiger partial charge >= 0.3 is 5.97 Å². The highest BCUT2D eigenvalue weighted by Gasteiger charge is 2.29. The highest BCUT2D eigenvalue weighted by molar-refractivity contribution is 5.86. The Hall–Kier alpha value is -1.82. The number of carboxylic acids is 1. The molecule has 2 rings (SSSR count). The molecule has 1 amide bonds. The van der Waals surface area contributed by atoms with Crippen molar-refractivity contribution < 1.29 is 19.8 Å². The monoisotopic (exact) mass is 280 g/mol. The number of aliphatic hydroxyl groups excluding tert-OH is 1. The fourth-order valence-corrected chi connectivity index (χ4v) is 2.73. The highest BCUT2D eigenvalue weighted by Crippen LogP contribution is 2.22. The van der Waals surface area contributed by atoms with Gasteiger partial charge in [0.25, 0.3) is 0 Å². The summed E-state index contributed by atoms with van der Waals surface area (Å²) in [5.41, 5.74) is 0.0935. The number of likely N-dealkylation sites (N-methyl/N-ethyl adjacent to an activating group) is 1. The smallest absolute Gasteiger partial charge is 0.352 e. The summed E-state index contributed by atoms with van der Waals surface area (Å²) < 4.78 is 1.41. The Balaban J connectivity index is 2.03. The van der Waals surface area contributed by atoms with Crippen LogP contribution < -0.4 is 0 Å². The van der Waals surface area contributed by atoms with Gasteiger partial charge in [0, 0.05) is 13.2 Å². The minimum absolute atomic E-state index is 0.0195. The molecular weight excluding hydrogens is 260 g/mol. The van der Waals surface area contributed by atoms with Gasteiger partial charge in [-0.3, -0.25) is 4.79 Å². The van der Waals surface area contributed by atoms with Crippen LogP contribution in [0.5, 0.6) is 0 Å². The van der Waals surface area contributed by atoms with E-state index in [-0.39, 0.29) is 24.2 Å². The molecule has 0 spiro atoms. The third kappa shape index (κ3) is 3.01. The molecule has 1 fully saturated rings. The summed E-state index contributed by atoms with van der Waals surface area (Å²) in [5, 5.41) is 19.0. The van der Waals surface area contributed by atoms with Crippen molar-refractivity contribution in [2.75, 3.05) is 7.05 Å². The summed E-state index contributed by atoms with van der Waals surface area (Å²) in [6.45, 7) is -0.0195. The van der Waals surface area contributed by atoms with E-state index < -0.39 is 12.1 Å². The molecule has 0 aromatic carbocycles. The molecule has 1 aromatic heterocycles. The minimum atomic E-state index is -1.05. The van der Waals surface area contributed by atoms with Crippen LogP contribution in [0.3, 0.4) is 0 Å². The third-order valence-corrected chi connectivity index (χ3v) is 3.94. The van der Waals surface area contributed by atoms with Crippen molar-refractivity contribution >= 4 is 11.9 Å². The Morgan fingerprint density at radius 1 is 1.40 bits per heavy atom. The zero-order valence-corrected chi connectivity index (χ0v) is 11.5. The predicted molar refractivity (Wildman–Crippen MR) is 72.4 cm³/mol. The maximum atomic E-state index is 12.2. The second kappa shape index (κ2) is 6.09. The normalized spacial score (nSPS) is 22.5. The maximum Gasteiger partial charge on any atom is 0.352 e. The van der Waals surface area contributed by atoms with Crippen LogP contribution in [0.1, 0.15) is 36.2 Å². The topological polar surface area (TPSA) is 82.8 Å². The maximum absolute atomic E-state index is 12.2. The Bertz CT molecular complexity index is 497. The zero-order valence-electron chi connectivity index (χ0n) is 11.5. The Labute approximate surface area is 117 Å². The number of aromatic carboxylic acids is 1. The van der Waals surface area contributed by atoms with E-state index >= 15 is 0 Å². The summed E-state index contributed by atoms with van der Waals surface area (Å²) in [5.74, 6) is -1.24. The van der Waals surface area contributed by atoms with Gasteiger partial charge in [0.1, 0.15) is 12.2 Å². The second-order valence-corrected chi connectivity index (χ2v) is 5.25. The molecule has 0 saturated heterocycles. The molecule has 2 N–H and O–H groups in total. The van der Waals surface area contributed by atoms with Crippen molar-refractivity contribution in [1.29, 1.82) is 0 Å². The fourth-order valence-electron chi connectivity index (χ4n) is 2.73. The Morgan fingerprint density at radius 2 is 2.10 bits per heavy atom. The number of rotatable bonds is 4. The van der Waals surface area contributed by atoms with Gasteiger partial charge in [0.2, 0.25) is 5.91 Å². The molecule has 1 saturated carbocycles. The molecule has 6 nitrogen and oxygen atoms in total. The third-order valence-electron chi connectivity index (χ3n) is 3.94. The number of aliphatic hydroxyl groups is 1. The lowest BCUT2D eigenvalue weighted by Crippen LogP contribution is -2.47. The lowest BCUT2D eigenvalue weighted by atomic mass is 9.91. The first-order valence-electron chi connectivity index (χ1n) is 6.83. The highest BCUT2D eigenvalue weighted by atomic mass is 16.4. The van der Waals surface area contributed by atoms with Crippen LogP contribution in [0.25, 0.3) is 0 Å². The van der Waals surface area contributed by atoms with E-state index in [1.165, 1.54) is 10.6 Å². The molecule has 110 valence electrons. The van der Waals surface area contributed by atoms with E-state index in [0.717, 1.165) is 19.3 Å². The molecule has 0 aliphatic heterocycles. The van der Waals surface area contributed by atoms with Crippen LogP contribution in [0, 0.1) is 0 Å². The van der Waals surface area contributed by atoms with Crippen LogP contribution >= 0.6 is 0 Å². The van der Waals surface area contributed by atoms with Gasteiger partial charge in [-0.15, -0.1) is 0 Å². The molecule has 2 unspecified atom stereocenters. The lowest BCUT2D eigenvalue weighted by molar-refractivity contribution is -0.136. The quantitative estimate of drug-likeness (QED) is 0.860. The van der Waals surface area contributed by atoms with Crippen LogP contribution in [0.15, 0.2) is 18.3 Å². The van der Waals surface area contributed by atoms with Gasteiger partial charge in [-0.2, -0.15) is 0 Å². The minimum Gasteiger partial charge on any atom is -0.477 e. The van der Waals surface area contributed by atoms with E-state index in [0.29, 0.717) is 6.42 Å². The number of hydrogen-bond donors (Lipinski definition) is 2. The largest absolute Gasteiger partial charge is 0.477 e. The molecule has 1 aliphatic carbocycles. The predicted octanol–water partition coefficient (Wildman–Crippen LogP) is 0.948. The number of aromatic nitrogens is 1. The van der Waals surface area contributed by atoms with Crippen molar-refractivity contribution in [3.8, 4) is 0 Å². The van der Waals surface area contributed by atoms with Crippen molar-refractivity contribution in [2.24, 2.45) is 0 Å². The lowest BCUT2D eigenvalue weighted by Gasteiger charge is -2.35. The van der Waals surface area contributed by atoms with E-state index in [2.05, 4.69) is 0 Å². The molecule has 6 heteroatoms. The molecule has 20 heavy (non-hydrogen) atoms. The molecular formula is C14H20N2O4. The van der Waals surface area contributed by atoms with Gasteiger partial charge in [-0.05, 0) is 25.0 Å². The molecule has 1 aromatic rings. The second-order valence-electron chi connectivity index (χ2n) is 5.25. The average molecular weight is 280 g/mol. The number of carboxylic acid groups (broad SMARTS) is 1. The first-order chi connectivity index (χ1) is 9.50. The average Bonchev–Trinajstić information content (AvgIpc) is 2.86. The summed E-state index contributed by atoms with van der Waals surface area (Å²) >= 11 is 0. The molecule has 0 bridgehead atoms. The first kappa shape index (κ1) is 14.6. The van der Waals surface area contributed by atoms with Crippen molar-refractivity contribution in [2.45, 2.75) is 44.4 Å². The van der Waals surface area contributed by atoms with Crippen LogP contribution in [0.2, 0.25) is 0 Å². The molecule has 1 aliphatic rings. The van der Waals surface area contributed by atoms with Crippen molar-refractivity contribution in [3.05, 3.63) is 24.0 Å². The van der Waals surface area contributed by atoms with E-state index in [1.807, 2.05) is 0 Å². The molecule has 0 radical (unpaired) electrons. The van der Waals surface area contributed by atoms with Crippen molar-refractivity contribution in [3.63, 3.8) is 0 Å². The van der Waals surface area contributed by atoms with Gasteiger partial charge in [-0.25, -0.2) is 4.79 Å². The van der Waals surface area contributed by atoms with Gasteiger partial charge in [-0.1, -0.05) is 12.8 Å². The Morgan fingerprint density at radius 3 is 2.75 bits per heavy atom. The summed E-state index contributed by atoms with van der Waals surface area (Å²) in [7, 11) is 1.67. The summed E-state index contributed by atoms with van der Waals surface area (Å²) in [4.78, 5) is 24.8. The number of carbonyl (C=O) groups is 2. The molecule has 1 heterocycles. The van der Waals surface area contributed by atoms with E-state index in [1.54, 1.807) is 24.2 Å². The standard InChI is InChI=1S/C14H20N2O4/c1-15(10-5-2-3-7-12(10)17)13(18)9-16-8-4-6-11(16)14(19)20/h4,6,8,10,12,17H,2-3,5,7,9H2,1H3,(H,19,20). The first-order valence-corrected chi connectivity index (χ1v) is 6.83. The van der Waals surface area contributed by atoms with Gasteiger partial charge < -0.3 is 19.7 Å². The van der Waals surface area contributed by atoms with E-state index in [9.17, 15) is 14.7 Å². The van der Waals surface area contributed by atoms with Crippen molar-refractivity contribution in [1.82, 2.24) is 9.47 Å². The summed E-state index contributed by atoms with van der Waals surface area (Å²) in [6.07, 6.45) is 4.59. The number of hydrogen-bond acceptors (Lipinski definition) is 3. The number of carbonyl (C=O) groups excluding carboxylic acids is 1. The number of nitrogens with zero attached hydrogens (tertiary/aromatic N) is 2. The van der Waals surface area contributed by atoms with Gasteiger partial charge in [0.05, 0.1) is 12.1 Å².